The molecule has 1 atom stereocenters. The van der Waals surface area contributed by atoms with Crippen LogP contribution in [0.4, 0.5) is 0 Å². The van der Waals surface area contributed by atoms with E-state index in [-0.39, 0.29) is 0 Å². The van der Waals surface area contributed by atoms with Crippen molar-refractivity contribution in [2.24, 2.45) is 0 Å². The van der Waals surface area contributed by atoms with Gasteiger partial charge in [0.2, 0.25) is 0 Å². The van der Waals surface area contributed by atoms with Crippen molar-refractivity contribution in [1.29, 1.82) is 0 Å². The molecular formula is C14H13O2P. The molecule has 0 saturated carbocycles. The number of benzene rings is 2. The summed E-state index contributed by atoms with van der Waals surface area (Å²) >= 11 is 0. The summed E-state index contributed by atoms with van der Waals surface area (Å²) in [6.07, 6.45) is 0. The van der Waals surface area contributed by atoms with Crippen molar-refractivity contribution < 1.29 is 9.09 Å². The zero-order valence-corrected chi connectivity index (χ0v) is 10.2. The van der Waals surface area contributed by atoms with Crippen LogP contribution in [0.5, 0.6) is 5.75 Å². The molecule has 3 heteroatoms. The maximum Gasteiger partial charge on any atom is 0.299 e. The molecule has 0 heterocycles. The summed E-state index contributed by atoms with van der Waals surface area (Å²) in [5, 5.41) is 0.652. The van der Waals surface area contributed by atoms with Crippen LogP contribution in [0.1, 0.15) is 0 Å². The second kappa shape index (κ2) is 5.03. The molecule has 2 aromatic rings. The van der Waals surface area contributed by atoms with Crippen LogP contribution in [0, 0.1) is 0 Å². The summed E-state index contributed by atoms with van der Waals surface area (Å²) in [5.74, 6) is 1.97. The van der Waals surface area contributed by atoms with Gasteiger partial charge < -0.3 is 4.52 Å². The third-order valence-corrected chi connectivity index (χ3v) is 4.32. The first kappa shape index (κ1) is 11.7. The summed E-state index contributed by atoms with van der Waals surface area (Å²) in [7, 11) is -3.01. The molecule has 86 valence electrons. The maximum absolute atomic E-state index is 12.6. The van der Waals surface area contributed by atoms with E-state index < -0.39 is 7.37 Å². The minimum Gasteiger partial charge on any atom is -0.437 e. The van der Waals surface area contributed by atoms with Gasteiger partial charge in [-0.15, -0.1) is 0 Å². The van der Waals surface area contributed by atoms with Gasteiger partial charge in [-0.1, -0.05) is 43.0 Å². The Kier molecular flexibility index (Phi) is 3.46. The Morgan fingerprint density at radius 2 is 1.47 bits per heavy atom. The summed E-state index contributed by atoms with van der Waals surface area (Å²) < 4.78 is 18.2. The number of hydrogen-bond donors (Lipinski definition) is 0. The average molecular weight is 244 g/mol. The lowest BCUT2D eigenvalue weighted by Crippen LogP contribution is -2.06. The molecule has 0 fully saturated rings. The molecule has 0 radical (unpaired) electrons. The molecule has 0 amide bonds. The first-order valence-corrected chi connectivity index (χ1v) is 6.97. The zero-order valence-electron chi connectivity index (χ0n) is 9.32. The van der Waals surface area contributed by atoms with E-state index in [1.54, 1.807) is 24.3 Å². The van der Waals surface area contributed by atoms with Gasteiger partial charge in [-0.05, 0) is 24.3 Å². The molecule has 0 bridgehead atoms. The molecule has 2 nitrogen and oxygen atoms in total. The van der Waals surface area contributed by atoms with Gasteiger partial charge in [-0.3, -0.25) is 4.57 Å². The highest BCUT2D eigenvalue weighted by Gasteiger charge is 2.22. The minimum absolute atomic E-state index is 0.583. The molecular weight excluding hydrogens is 231 g/mol. The van der Waals surface area contributed by atoms with Crippen LogP contribution in [0.3, 0.4) is 0 Å². The van der Waals surface area contributed by atoms with Gasteiger partial charge in [0.1, 0.15) is 5.75 Å². The molecule has 0 aromatic heterocycles. The third-order valence-electron chi connectivity index (χ3n) is 2.34. The maximum atomic E-state index is 12.6. The lowest BCUT2D eigenvalue weighted by atomic mass is 10.3. The van der Waals surface area contributed by atoms with Gasteiger partial charge in [0.05, 0.1) is 5.30 Å². The Morgan fingerprint density at radius 1 is 0.941 bits per heavy atom. The first-order valence-electron chi connectivity index (χ1n) is 5.28. The summed E-state index contributed by atoms with van der Waals surface area (Å²) in [5.41, 5.74) is 0. The van der Waals surface area contributed by atoms with Crippen LogP contribution in [-0.4, -0.2) is 0 Å². The largest absolute Gasteiger partial charge is 0.437 e. The second-order valence-electron chi connectivity index (χ2n) is 3.52. The first-order chi connectivity index (χ1) is 8.24. The Morgan fingerprint density at radius 3 is 2.00 bits per heavy atom. The fourth-order valence-corrected chi connectivity index (χ4v) is 2.88. The van der Waals surface area contributed by atoms with E-state index in [2.05, 4.69) is 6.58 Å². The molecule has 0 spiro atoms. The lowest BCUT2D eigenvalue weighted by Gasteiger charge is -2.15. The molecule has 1 unspecified atom stereocenters. The molecule has 0 N–H and O–H groups in total. The smallest absolute Gasteiger partial charge is 0.299 e. The van der Waals surface area contributed by atoms with Crippen LogP contribution in [0.25, 0.3) is 0 Å². The van der Waals surface area contributed by atoms with Gasteiger partial charge >= 0.3 is 0 Å². The molecule has 0 aliphatic rings. The van der Waals surface area contributed by atoms with Crippen molar-refractivity contribution >= 4 is 12.7 Å². The molecule has 0 saturated heterocycles. The van der Waals surface area contributed by atoms with Crippen molar-refractivity contribution in [1.82, 2.24) is 0 Å². The summed E-state index contributed by atoms with van der Waals surface area (Å²) in [6, 6.07) is 18.2. The molecule has 2 rings (SSSR count). The standard InChI is InChI=1S/C14H13O2P/c1-2-17(15,14-11-7-4-8-12-14)16-13-9-5-3-6-10-13/h2-12H,1H2. The van der Waals surface area contributed by atoms with Crippen LogP contribution < -0.4 is 9.83 Å². The number of hydrogen-bond acceptors (Lipinski definition) is 2. The van der Waals surface area contributed by atoms with E-state index in [1.165, 1.54) is 5.82 Å². The van der Waals surface area contributed by atoms with Crippen molar-refractivity contribution in [3.8, 4) is 5.75 Å². The van der Waals surface area contributed by atoms with Crippen molar-refractivity contribution in [2.75, 3.05) is 0 Å². The van der Waals surface area contributed by atoms with Crippen LogP contribution >= 0.6 is 7.37 Å². The normalized spacial score (nSPS) is 13.6. The summed E-state index contributed by atoms with van der Waals surface area (Å²) in [4.78, 5) is 0. The summed E-state index contributed by atoms with van der Waals surface area (Å²) in [6.45, 7) is 3.62. The third kappa shape index (κ3) is 2.66. The molecule has 0 aliphatic carbocycles. The van der Waals surface area contributed by atoms with E-state index in [4.69, 9.17) is 4.52 Å². The van der Waals surface area contributed by atoms with E-state index in [9.17, 15) is 4.57 Å². The Balaban J connectivity index is 2.34. The van der Waals surface area contributed by atoms with Crippen LogP contribution in [0.15, 0.2) is 73.1 Å². The molecule has 0 aliphatic heterocycles. The average Bonchev–Trinajstić information content (AvgIpc) is 2.41. The fourth-order valence-electron chi connectivity index (χ4n) is 1.47. The Hall–Kier alpha value is -1.79. The highest BCUT2D eigenvalue weighted by Crippen LogP contribution is 2.46. The van der Waals surface area contributed by atoms with Gasteiger partial charge in [-0.25, -0.2) is 0 Å². The SMILES string of the molecule is C=CP(=O)(Oc1ccccc1)c1ccccc1. The Bertz CT molecular complexity index is 535. The van der Waals surface area contributed by atoms with Crippen molar-refractivity contribution in [3.05, 3.63) is 73.1 Å². The quantitative estimate of drug-likeness (QED) is 0.764. The van der Waals surface area contributed by atoms with E-state index >= 15 is 0 Å². The molecule has 2 aromatic carbocycles. The van der Waals surface area contributed by atoms with Gasteiger partial charge in [-0.2, -0.15) is 0 Å². The second-order valence-corrected chi connectivity index (χ2v) is 5.78. The minimum atomic E-state index is -3.01. The van der Waals surface area contributed by atoms with Crippen molar-refractivity contribution in [3.63, 3.8) is 0 Å². The lowest BCUT2D eigenvalue weighted by molar-refractivity contribution is 0.502. The monoisotopic (exact) mass is 244 g/mol. The van der Waals surface area contributed by atoms with Gasteiger partial charge in [0.15, 0.2) is 0 Å². The van der Waals surface area contributed by atoms with E-state index in [0.29, 0.717) is 11.1 Å². The van der Waals surface area contributed by atoms with Gasteiger partial charge in [0, 0.05) is 5.82 Å². The topological polar surface area (TPSA) is 26.3 Å². The fraction of sp³-hybridized carbons (Fsp3) is 0. The highest BCUT2D eigenvalue weighted by atomic mass is 31.2. The Labute approximate surface area is 101 Å². The van der Waals surface area contributed by atoms with E-state index in [0.717, 1.165) is 0 Å². The van der Waals surface area contributed by atoms with Crippen molar-refractivity contribution in [2.45, 2.75) is 0 Å². The number of rotatable bonds is 4. The highest BCUT2D eigenvalue weighted by molar-refractivity contribution is 7.70. The van der Waals surface area contributed by atoms with E-state index in [1.807, 2.05) is 36.4 Å². The number of para-hydroxylation sites is 1. The predicted octanol–water partition coefficient (Wildman–Crippen LogP) is 3.81. The molecule has 17 heavy (non-hydrogen) atoms. The van der Waals surface area contributed by atoms with Gasteiger partial charge in [0.25, 0.3) is 7.37 Å². The van der Waals surface area contributed by atoms with Crippen LogP contribution in [-0.2, 0) is 4.57 Å². The predicted molar refractivity (Wildman–Crippen MR) is 70.9 cm³/mol. The zero-order chi connectivity index (χ0) is 12.1. The van der Waals surface area contributed by atoms with Crippen LogP contribution in [0.2, 0.25) is 0 Å².